The predicted octanol–water partition coefficient (Wildman–Crippen LogP) is 1.07. The summed E-state index contributed by atoms with van der Waals surface area (Å²) in [4.78, 5) is 6.71. The van der Waals surface area contributed by atoms with Gasteiger partial charge in [0.15, 0.2) is 0 Å². The molecule has 3 rings (SSSR count). The maximum absolute atomic E-state index is 5.59. The minimum absolute atomic E-state index is 0.335. The van der Waals surface area contributed by atoms with E-state index in [1.54, 1.807) is 0 Å². The molecule has 0 bridgehead atoms. The van der Waals surface area contributed by atoms with Crippen molar-refractivity contribution < 1.29 is 4.42 Å². The van der Waals surface area contributed by atoms with Crippen LogP contribution >= 0.6 is 0 Å². The molecule has 0 aromatic carbocycles. The van der Waals surface area contributed by atoms with Crippen LogP contribution in [0.4, 0.5) is 6.01 Å². The lowest BCUT2D eigenvalue weighted by atomic mass is 9.79. The Morgan fingerprint density at radius 3 is 3.20 bits per heavy atom. The number of piperidine rings is 1. The molecule has 1 aromatic rings. The Hall–Kier alpha value is -1.03. The normalized spacial score (nSPS) is 31.0. The van der Waals surface area contributed by atoms with E-state index in [9.17, 15) is 0 Å². The number of likely N-dealkylation sites (tertiary alicyclic amines) is 1. The van der Waals surface area contributed by atoms with Gasteiger partial charge in [-0.25, -0.2) is 0 Å². The molecule has 15 heavy (non-hydrogen) atoms. The first kappa shape index (κ1) is 9.21. The van der Waals surface area contributed by atoms with Crippen molar-refractivity contribution in [2.24, 2.45) is 5.92 Å². The monoisotopic (exact) mass is 207 g/mol. The summed E-state index contributed by atoms with van der Waals surface area (Å²) in [5.41, 5.74) is 6.69. The molecule has 0 radical (unpaired) electrons. The highest BCUT2D eigenvalue weighted by Crippen LogP contribution is 2.34. The number of oxazole rings is 1. The highest BCUT2D eigenvalue weighted by Gasteiger charge is 2.36. The number of nitrogen functional groups attached to an aromatic ring is 1. The number of likely N-dealkylation sites (N-methyl/N-ethyl adjacent to an activating group) is 1. The largest absolute Gasteiger partial charge is 0.429 e. The molecule has 0 amide bonds. The van der Waals surface area contributed by atoms with Gasteiger partial charge in [-0.05, 0) is 38.8 Å². The summed E-state index contributed by atoms with van der Waals surface area (Å²) in [6.45, 7) is 1.21. The van der Waals surface area contributed by atoms with Gasteiger partial charge in [-0.15, -0.1) is 0 Å². The van der Waals surface area contributed by atoms with Crippen molar-refractivity contribution in [1.29, 1.82) is 0 Å². The fraction of sp³-hybridized carbons (Fsp3) is 0.727. The third-order valence-corrected chi connectivity index (χ3v) is 3.84. The standard InChI is InChI=1S/C11H17N3O/c1-14-4-2-3-7-5-8-10(6-9(7)14)15-11(12)13-8/h7,9H,2-6H2,1H3,(H2,12,13)/t7-,9-/m0/s1. The van der Waals surface area contributed by atoms with Crippen molar-refractivity contribution in [3.8, 4) is 0 Å². The second-order valence-corrected chi connectivity index (χ2v) is 4.78. The minimum atomic E-state index is 0.335. The van der Waals surface area contributed by atoms with Crippen LogP contribution in [0, 0.1) is 5.92 Å². The number of fused-ring (bicyclic) bond motifs is 2. The fourth-order valence-electron chi connectivity index (χ4n) is 3.04. The summed E-state index contributed by atoms with van der Waals surface area (Å²) in [5.74, 6) is 1.77. The second-order valence-electron chi connectivity index (χ2n) is 4.78. The molecule has 2 aliphatic rings. The number of aromatic nitrogens is 1. The van der Waals surface area contributed by atoms with Gasteiger partial charge in [0.2, 0.25) is 0 Å². The summed E-state index contributed by atoms with van der Waals surface area (Å²) in [6.07, 6.45) is 4.66. The van der Waals surface area contributed by atoms with Gasteiger partial charge in [0.25, 0.3) is 6.01 Å². The van der Waals surface area contributed by atoms with Crippen LogP contribution in [-0.4, -0.2) is 29.5 Å². The quantitative estimate of drug-likeness (QED) is 0.691. The molecule has 4 heteroatoms. The molecule has 82 valence electrons. The summed E-state index contributed by atoms with van der Waals surface area (Å²) in [5, 5.41) is 0. The molecule has 2 atom stereocenters. The molecule has 0 saturated carbocycles. The second kappa shape index (κ2) is 3.23. The smallest absolute Gasteiger partial charge is 0.292 e. The van der Waals surface area contributed by atoms with E-state index >= 15 is 0 Å². The van der Waals surface area contributed by atoms with Crippen LogP contribution in [0.15, 0.2) is 4.42 Å². The van der Waals surface area contributed by atoms with Gasteiger partial charge in [0.1, 0.15) is 5.76 Å². The fourth-order valence-corrected chi connectivity index (χ4v) is 3.04. The van der Waals surface area contributed by atoms with E-state index in [1.807, 2.05) is 0 Å². The summed E-state index contributed by atoms with van der Waals surface area (Å²) >= 11 is 0. The highest BCUT2D eigenvalue weighted by molar-refractivity contribution is 5.24. The third kappa shape index (κ3) is 1.44. The van der Waals surface area contributed by atoms with E-state index in [1.165, 1.54) is 19.4 Å². The van der Waals surface area contributed by atoms with Crippen molar-refractivity contribution in [2.75, 3.05) is 19.3 Å². The van der Waals surface area contributed by atoms with Crippen LogP contribution in [0.5, 0.6) is 0 Å². The Bertz CT molecular complexity index is 374. The van der Waals surface area contributed by atoms with Crippen molar-refractivity contribution >= 4 is 6.01 Å². The lowest BCUT2D eigenvalue weighted by molar-refractivity contribution is 0.106. The molecule has 1 aromatic heterocycles. The molecule has 1 aliphatic carbocycles. The van der Waals surface area contributed by atoms with Gasteiger partial charge in [-0.3, -0.25) is 0 Å². The van der Waals surface area contributed by atoms with E-state index in [-0.39, 0.29) is 0 Å². The van der Waals surface area contributed by atoms with E-state index in [2.05, 4.69) is 16.9 Å². The molecule has 0 spiro atoms. The lowest BCUT2D eigenvalue weighted by Crippen LogP contribution is -2.46. The Morgan fingerprint density at radius 1 is 1.47 bits per heavy atom. The van der Waals surface area contributed by atoms with E-state index < -0.39 is 0 Å². The van der Waals surface area contributed by atoms with Crippen molar-refractivity contribution in [3.05, 3.63) is 11.5 Å². The number of hydrogen-bond acceptors (Lipinski definition) is 4. The Kier molecular flexibility index (Phi) is 1.99. The number of anilines is 1. The lowest BCUT2D eigenvalue weighted by Gasteiger charge is -2.41. The average molecular weight is 207 g/mol. The predicted molar refractivity (Wildman–Crippen MR) is 57.5 cm³/mol. The van der Waals surface area contributed by atoms with Gasteiger partial charge in [-0.2, -0.15) is 4.98 Å². The van der Waals surface area contributed by atoms with Crippen LogP contribution in [0.25, 0.3) is 0 Å². The minimum Gasteiger partial charge on any atom is -0.429 e. The molecule has 2 heterocycles. The number of rotatable bonds is 0. The van der Waals surface area contributed by atoms with Crippen LogP contribution in [0.3, 0.4) is 0 Å². The van der Waals surface area contributed by atoms with E-state index in [4.69, 9.17) is 10.2 Å². The molecule has 0 unspecified atom stereocenters. The Labute approximate surface area is 89.5 Å². The van der Waals surface area contributed by atoms with Crippen LogP contribution < -0.4 is 5.73 Å². The zero-order valence-corrected chi connectivity index (χ0v) is 9.07. The Balaban J connectivity index is 1.91. The first-order chi connectivity index (χ1) is 7.24. The third-order valence-electron chi connectivity index (χ3n) is 3.84. The summed E-state index contributed by atoms with van der Waals surface area (Å²) < 4.78 is 5.44. The van der Waals surface area contributed by atoms with Crippen molar-refractivity contribution in [3.63, 3.8) is 0 Å². The van der Waals surface area contributed by atoms with Gasteiger partial charge in [0, 0.05) is 12.5 Å². The molecule has 4 nitrogen and oxygen atoms in total. The topological polar surface area (TPSA) is 55.3 Å². The summed E-state index contributed by atoms with van der Waals surface area (Å²) in [6, 6.07) is 0.972. The maximum atomic E-state index is 5.59. The molecule has 1 saturated heterocycles. The first-order valence-corrected chi connectivity index (χ1v) is 5.68. The van der Waals surface area contributed by atoms with E-state index in [0.29, 0.717) is 12.1 Å². The van der Waals surface area contributed by atoms with Crippen molar-refractivity contribution in [1.82, 2.24) is 9.88 Å². The Morgan fingerprint density at radius 2 is 2.33 bits per heavy atom. The number of nitrogens with two attached hydrogens (primary N) is 1. The first-order valence-electron chi connectivity index (χ1n) is 5.68. The van der Waals surface area contributed by atoms with Crippen LogP contribution in [0.1, 0.15) is 24.3 Å². The van der Waals surface area contributed by atoms with Gasteiger partial charge < -0.3 is 15.1 Å². The number of hydrogen-bond donors (Lipinski definition) is 1. The van der Waals surface area contributed by atoms with Gasteiger partial charge >= 0.3 is 0 Å². The van der Waals surface area contributed by atoms with Crippen molar-refractivity contribution in [2.45, 2.75) is 31.7 Å². The molecule has 1 aliphatic heterocycles. The van der Waals surface area contributed by atoms with Gasteiger partial charge in [-0.1, -0.05) is 0 Å². The number of nitrogens with zero attached hydrogens (tertiary/aromatic N) is 2. The maximum Gasteiger partial charge on any atom is 0.292 e. The average Bonchev–Trinajstić information content (AvgIpc) is 2.55. The molecule has 2 N–H and O–H groups in total. The zero-order chi connectivity index (χ0) is 10.4. The highest BCUT2D eigenvalue weighted by atomic mass is 16.4. The van der Waals surface area contributed by atoms with Crippen LogP contribution in [0.2, 0.25) is 0 Å². The molecule has 1 fully saturated rings. The SMILES string of the molecule is CN1CCC[C@H]2Cc3nc(N)oc3C[C@@H]21. The van der Waals surface area contributed by atoms with Crippen LogP contribution in [-0.2, 0) is 12.8 Å². The molecular formula is C11H17N3O. The van der Waals surface area contributed by atoms with E-state index in [0.717, 1.165) is 30.2 Å². The summed E-state index contributed by atoms with van der Waals surface area (Å²) in [7, 11) is 2.21. The molecular weight excluding hydrogens is 190 g/mol. The van der Waals surface area contributed by atoms with Gasteiger partial charge in [0.05, 0.1) is 5.69 Å². The zero-order valence-electron chi connectivity index (χ0n) is 9.07.